The molecule has 0 aliphatic carbocycles. The highest BCUT2D eigenvalue weighted by molar-refractivity contribution is 6.04. The molecular formula is C22H16N2O3. The van der Waals surface area contributed by atoms with Gasteiger partial charge in [0.25, 0.3) is 5.91 Å². The van der Waals surface area contributed by atoms with Crippen LogP contribution in [0.5, 0.6) is 11.5 Å². The van der Waals surface area contributed by atoms with Crippen LogP contribution in [0.25, 0.3) is 0 Å². The number of nitrogens with one attached hydrogen (secondary N) is 1. The molecular weight excluding hydrogens is 340 g/mol. The van der Waals surface area contributed by atoms with Crippen LogP contribution in [0.4, 0.5) is 5.69 Å². The van der Waals surface area contributed by atoms with Gasteiger partial charge in [-0.1, -0.05) is 36.4 Å². The second-order valence-corrected chi connectivity index (χ2v) is 6.54. The Morgan fingerprint density at radius 1 is 0.926 bits per heavy atom. The number of anilines is 1. The van der Waals surface area contributed by atoms with Crippen molar-refractivity contribution in [3.8, 4) is 11.5 Å². The third-order valence-electron chi connectivity index (χ3n) is 4.91. The highest BCUT2D eigenvalue weighted by Gasteiger charge is 2.45. The first-order chi connectivity index (χ1) is 13.3. The van der Waals surface area contributed by atoms with Gasteiger partial charge in [0.1, 0.15) is 18.1 Å². The average molecular weight is 356 g/mol. The lowest BCUT2D eigenvalue weighted by molar-refractivity contribution is 0.102. The Kier molecular flexibility index (Phi) is 3.47. The molecule has 2 heterocycles. The van der Waals surface area contributed by atoms with E-state index in [0.717, 1.165) is 22.6 Å². The standard InChI is InChI=1S/C22H16N2O3/c25-21(24-16-6-2-1-3-7-16)15-10-11-20-18(12-15)22(13-26-14-23-22)17-8-4-5-9-19(17)27-20/h1-12,14H,13H2,(H,24,25). The molecule has 27 heavy (non-hydrogen) atoms. The van der Waals surface area contributed by atoms with Crippen molar-refractivity contribution in [2.24, 2.45) is 4.99 Å². The van der Waals surface area contributed by atoms with Crippen LogP contribution in [-0.4, -0.2) is 18.9 Å². The van der Waals surface area contributed by atoms with Crippen molar-refractivity contribution in [2.45, 2.75) is 5.54 Å². The van der Waals surface area contributed by atoms with Crippen molar-refractivity contribution in [1.82, 2.24) is 0 Å². The van der Waals surface area contributed by atoms with Crippen molar-refractivity contribution in [3.63, 3.8) is 0 Å². The van der Waals surface area contributed by atoms with E-state index in [2.05, 4.69) is 10.3 Å². The molecule has 2 aliphatic heterocycles. The summed E-state index contributed by atoms with van der Waals surface area (Å²) in [7, 11) is 0. The maximum absolute atomic E-state index is 12.7. The lowest BCUT2D eigenvalue weighted by atomic mass is 9.81. The molecule has 1 amide bonds. The van der Waals surface area contributed by atoms with Crippen LogP contribution in [-0.2, 0) is 10.3 Å². The molecule has 5 nitrogen and oxygen atoms in total. The summed E-state index contributed by atoms with van der Waals surface area (Å²) in [4.78, 5) is 17.4. The molecule has 0 aromatic heterocycles. The van der Waals surface area contributed by atoms with Crippen molar-refractivity contribution < 1.29 is 14.3 Å². The maximum Gasteiger partial charge on any atom is 0.255 e. The van der Waals surface area contributed by atoms with Gasteiger partial charge in [0, 0.05) is 22.4 Å². The summed E-state index contributed by atoms with van der Waals surface area (Å²) in [5.74, 6) is 1.27. The van der Waals surface area contributed by atoms with E-state index in [9.17, 15) is 4.79 Å². The van der Waals surface area contributed by atoms with Crippen LogP contribution < -0.4 is 10.1 Å². The molecule has 132 valence electrons. The molecule has 0 bridgehead atoms. The number of carbonyl (C=O) groups is 1. The zero-order valence-electron chi connectivity index (χ0n) is 14.4. The van der Waals surface area contributed by atoms with E-state index < -0.39 is 5.54 Å². The first-order valence-electron chi connectivity index (χ1n) is 8.70. The molecule has 1 unspecified atom stereocenters. The van der Waals surface area contributed by atoms with Crippen molar-refractivity contribution in [3.05, 3.63) is 89.5 Å². The number of hydrogen-bond acceptors (Lipinski definition) is 4. The van der Waals surface area contributed by atoms with Gasteiger partial charge < -0.3 is 14.8 Å². The molecule has 5 rings (SSSR count). The monoisotopic (exact) mass is 356 g/mol. The van der Waals surface area contributed by atoms with E-state index in [4.69, 9.17) is 9.47 Å². The van der Waals surface area contributed by atoms with Crippen LogP contribution in [0.15, 0.2) is 77.8 Å². The summed E-state index contributed by atoms with van der Waals surface area (Å²) in [5, 5.41) is 2.91. The SMILES string of the molecule is O=C(Nc1ccccc1)c1ccc2c(c1)C1(COC=N1)c1ccccc1O2. The fourth-order valence-electron chi connectivity index (χ4n) is 3.59. The van der Waals surface area contributed by atoms with Gasteiger partial charge in [0.15, 0.2) is 11.9 Å². The van der Waals surface area contributed by atoms with Gasteiger partial charge in [0.05, 0.1) is 0 Å². The number of para-hydroxylation sites is 2. The molecule has 1 atom stereocenters. The summed E-state index contributed by atoms with van der Waals surface area (Å²) < 4.78 is 11.6. The first-order valence-corrected chi connectivity index (χ1v) is 8.70. The summed E-state index contributed by atoms with van der Waals surface area (Å²) >= 11 is 0. The van der Waals surface area contributed by atoms with E-state index in [1.165, 1.54) is 6.40 Å². The van der Waals surface area contributed by atoms with Gasteiger partial charge in [-0.3, -0.25) is 4.79 Å². The van der Waals surface area contributed by atoms with Crippen LogP contribution in [0.3, 0.4) is 0 Å². The zero-order chi connectivity index (χ0) is 18.3. The van der Waals surface area contributed by atoms with Crippen LogP contribution in [0.2, 0.25) is 0 Å². The summed E-state index contributed by atoms with van der Waals surface area (Å²) in [6.45, 7) is 0.379. The number of hydrogen-bond donors (Lipinski definition) is 1. The van der Waals surface area contributed by atoms with Crippen molar-refractivity contribution in [2.75, 3.05) is 11.9 Å². The number of fused-ring (bicyclic) bond motifs is 4. The van der Waals surface area contributed by atoms with E-state index in [-0.39, 0.29) is 5.91 Å². The van der Waals surface area contributed by atoms with E-state index in [0.29, 0.717) is 17.9 Å². The van der Waals surface area contributed by atoms with Crippen LogP contribution >= 0.6 is 0 Å². The van der Waals surface area contributed by atoms with Gasteiger partial charge in [-0.25, -0.2) is 4.99 Å². The van der Waals surface area contributed by atoms with Gasteiger partial charge in [-0.05, 0) is 36.4 Å². The van der Waals surface area contributed by atoms with Crippen molar-refractivity contribution in [1.29, 1.82) is 0 Å². The Morgan fingerprint density at radius 3 is 2.52 bits per heavy atom. The molecule has 0 saturated carbocycles. The van der Waals surface area contributed by atoms with Gasteiger partial charge in [-0.15, -0.1) is 0 Å². The van der Waals surface area contributed by atoms with E-state index in [1.807, 2.05) is 66.7 Å². The van der Waals surface area contributed by atoms with Crippen LogP contribution in [0.1, 0.15) is 21.5 Å². The normalized spacial score (nSPS) is 19.0. The Balaban J connectivity index is 1.57. The molecule has 2 aliphatic rings. The Hall–Kier alpha value is -3.60. The lowest BCUT2D eigenvalue weighted by Gasteiger charge is -2.33. The Labute approximate surface area is 156 Å². The molecule has 0 radical (unpaired) electrons. The number of rotatable bonds is 2. The fraction of sp³-hybridized carbons (Fsp3) is 0.0909. The minimum atomic E-state index is -0.687. The maximum atomic E-state index is 12.7. The topological polar surface area (TPSA) is 59.9 Å². The minimum absolute atomic E-state index is 0.180. The summed E-state index contributed by atoms with van der Waals surface area (Å²) in [6, 6.07) is 22.6. The molecule has 1 spiro atoms. The van der Waals surface area contributed by atoms with Gasteiger partial charge in [0.2, 0.25) is 0 Å². The quantitative estimate of drug-likeness (QED) is 0.743. The second kappa shape index (κ2) is 5.99. The Bertz CT molecular complexity index is 1060. The predicted octanol–water partition coefficient (Wildman–Crippen LogP) is 4.35. The molecule has 3 aromatic carbocycles. The predicted molar refractivity (Wildman–Crippen MR) is 103 cm³/mol. The lowest BCUT2D eigenvalue weighted by Crippen LogP contribution is -2.31. The van der Waals surface area contributed by atoms with E-state index in [1.54, 1.807) is 6.07 Å². The number of ether oxygens (including phenoxy) is 2. The first kappa shape index (κ1) is 15.6. The zero-order valence-corrected chi connectivity index (χ0v) is 14.4. The van der Waals surface area contributed by atoms with Gasteiger partial charge in [-0.2, -0.15) is 0 Å². The number of carbonyl (C=O) groups excluding carboxylic acids is 1. The molecule has 5 heteroatoms. The third kappa shape index (κ3) is 2.47. The van der Waals surface area contributed by atoms with E-state index >= 15 is 0 Å². The number of benzene rings is 3. The summed E-state index contributed by atoms with van der Waals surface area (Å²) in [5.41, 5.74) is 2.37. The Morgan fingerprint density at radius 2 is 1.70 bits per heavy atom. The fourth-order valence-corrected chi connectivity index (χ4v) is 3.59. The molecule has 3 aromatic rings. The average Bonchev–Trinajstić information content (AvgIpc) is 3.19. The smallest absolute Gasteiger partial charge is 0.255 e. The molecule has 0 fully saturated rings. The second-order valence-electron chi connectivity index (χ2n) is 6.54. The summed E-state index contributed by atoms with van der Waals surface area (Å²) in [6.07, 6.45) is 1.47. The van der Waals surface area contributed by atoms with Crippen LogP contribution in [0, 0.1) is 0 Å². The minimum Gasteiger partial charge on any atom is -0.480 e. The van der Waals surface area contributed by atoms with Gasteiger partial charge >= 0.3 is 0 Å². The number of aliphatic imine (C=N–C) groups is 1. The molecule has 1 N–H and O–H groups in total. The highest BCUT2D eigenvalue weighted by atomic mass is 16.5. The highest BCUT2D eigenvalue weighted by Crippen LogP contribution is 2.50. The molecule has 0 saturated heterocycles. The third-order valence-corrected chi connectivity index (χ3v) is 4.91. The largest absolute Gasteiger partial charge is 0.480 e. The number of nitrogens with zero attached hydrogens (tertiary/aromatic N) is 1. The van der Waals surface area contributed by atoms with Crippen molar-refractivity contribution >= 4 is 18.0 Å². The number of amides is 1.